The lowest BCUT2D eigenvalue weighted by Gasteiger charge is -2.22. The molecular formula is C12H19N3S. The molecule has 0 amide bonds. The van der Waals surface area contributed by atoms with Gasteiger partial charge in [0.05, 0.1) is 0 Å². The summed E-state index contributed by atoms with van der Waals surface area (Å²) in [4.78, 5) is 4.25. The first kappa shape index (κ1) is 13.2. The predicted octanol–water partition coefficient (Wildman–Crippen LogP) is 2.05. The van der Waals surface area contributed by atoms with E-state index in [9.17, 15) is 0 Å². The molecule has 0 aromatic carbocycles. The lowest BCUT2D eigenvalue weighted by molar-refractivity contribution is 0.276. The number of likely N-dealkylation sites (N-methyl/N-ethyl adjacent to an activating group) is 1. The van der Waals surface area contributed by atoms with Crippen molar-refractivity contribution in [2.45, 2.75) is 25.9 Å². The van der Waals surface area contributed by atoms with Crippen LogP contribution in [0.2, 0.25) is 0 Å². The molecule has 1 N–H and O–H groups in total. The number of nitriles is 1. The van der Waals surface area contributed by atoms with E-state index in [-0.39, 0.29) is 0 Å². The third kappa shape index (κ3) is 3.93. The molecular weight excluding hydrogens is 218 g/mol. The standard InChI is InChI=1S/C12H19N3S/c1-4-10(15(2)3)8-14-9-12-6-5-11(7-13)16-12/h5-6,10,14H,4,8-9H2,1-3H3. The summed E-state index contributed by atoms with van der Waals surface area (Å²) in [5.74, 6) is 0. The Bertz CT molecular complexity index is 351. The summed E-state index contributed by atoms with van der Waals surface area (Å²) >= 11 is 1.56. The average Bonchev–Trinajstić information content (AvgIpc) is 2.71. The quantitative estimate of drug-likeness (QED) is 0.823. The molecule has 0 saturated carbocycles. The lowest BCUT2D eigenvalue weighted by atomic mass is 10.2. The van der Waals surface area contributed by atoms with Crippen LogP contribution in [-0.2, 0) is 6.54 Å². The highest BCUT2D eigenvalue weighted by Crippen LogP contribution is 2.14. The van der Waals surface area contributed by atoms with Crippen molar-refractivity contribution in [3.63, 3.8) is 0 Å². The smallest absolute Gasteiger partial charge is 0.110 e. The maximum absolute atomic E-state index is 8.71. The molecule has 0 radical (unpaired) electrons. The van der Waals surface area contributed by atoms with E-state index in [0.29, 0.717) is 6.04 Å². The fraction of sp³-hybridized carbons (Fsp3) is 0.583. The Morgan fingerprint density at radius 3 is 2.75 bits per heavy atom. The predicted molar refractivity (Wildman–Crippen MR) is 68.5 cm³/mol. The third-order valence-corrected chi connectivity index (χ3v) is 3.64. The van der Waals surface area contributed by atoms with Crippen molar-refractivity contribution >= 4 is 11.3 Å². The molecule has 1 unspecified atom stereocenters. The van der Waals surface area contributed by atoms with Gasteiger partial charge in [0.2, 0.25) is 0 Å². The van der Waals surface area contributed by atoms with Gasteiger partial charge in [0.25, 0.3) is 0 Å². The van der Waals surface area contributed by atoms with Crippen molar-refractivity contribution in [3.8, 4) is 6.07 Å². The largest absolute Gasteiger partial charge is 0.310 e. The molecule has 1 atom stereocenters. The van der Waals surface area contributed by atoms with E-state index in [1.807, 2.05) is 12.1 Å². The van der Waals surface area contributed by atoms with Crippen LogP contribution in [-0.4, -0.2) is 31.6 Å². The Balaban J connectivity index is 2.32. The minimum atomic E-state index is 0.579. The van der Waals surface area contributed by atoms with Gasteiger partial charge < -0.3 is 10.2 Å². The number of rotatable bonds is 6. The topological polar surface area (TPSA) is 39.1 Å². The molecule has 1 rings (SSSR count). The summed E-state index contributed by atoms with van der Waals surface area (Å²) in [5.41, 5.74) is 0. The first-order valence-electron chi connectivity index (χ1n) is 5.53. The van der Waals surface area contributed by atoms with Crippen LogP contribution in [0, 0.1) is 11.3 Å². The maximum Gasteiger partial charge on any atom is 0.110 e. The van der Waals surface area contributed by atoms with Crippen molar-refractivity contribution in [1.82, 2.24) is 10.2 Å². The van der Waals surface area contributed by atoms with Gasteiger partial charge >= 0.3 is 0 Å². The molecule has 1 aromatic heterocycles. The number of thiophene rings is 1. The molecule has 0 aliphatic heterocycles. The van der Waals surface area contributed by atoms with Gasteiger partial charge in [0.1, 0.15) is 10.9 Å². The molecule has 0 aliphatic rings. The van der Waals surface area contributed by atoms with Gasteiger partial charge in [0.15, 0.2) is 0 Å². The summed E-state index contributed by atoms with van der Waals surface area (Å²) in [6.07, 6.45) is 1.15. The number of hydrogen-bond donors (Lipinski definition) is 1. The molecule has 0 fully saturated rings. The molecule has 4 heteroatoms. The van der Waals surface area contributed by atoms with E-state index in [2.05, 4.69) is 37.3 Å². The Kier molecular flexibility index (Phi) is 5.47. The SMILES string of the molecule is CCC(CNCc1ccc(C#N)s1)N(C)C. The van der Waals surface area contributed by atoms with Crippen molar-refractivity contribution < 1.29 is 0 Å². The van der Waals surface area contributed by atoms with E-state index in [1.54, 1.807) is 11.3 Å². The van der Waals surface area contributed by atoms with E-state index in [4.69, 9.17) is 5.26 Å². The second kappa shape index (κ2) is 6.64. The van der Waals surface area contributed by atoms with Crippen LogP contribution in [0.15, 0.2) is 12.1 Å². The number of hydrogen-bond acceptors (Lipinski definition) is 4. The zero-order chi connectivity index (χ0) is 12.0. The number of nitrogens with zero attached hydrogens (tertiary/aromatic N) is 2. The van der Waals surface area contributed by atoms with Crippen LogP contribution < -0.4 is 5.32 Å². The Labute approximate surface area is 102 Å². The van der Waals surface area contributed by atoms with Crippen LogP contribution in [0.3, 0.4) is 0 Å². The van der Waals surface area contributed by atoms with Crippen LogP contribution in [0.25, 0.3) is 0 Å². The van der Waals surface area contributed by atoms with E-state index in [0.717, 1.165) is 24.4 Å². The minimum Gasteiger partial charge on any atom is -0.310 e. The highest BCUT2D eigenvalue weighted by molar-refractivity contribution is 7.12. The van der Waals surface area contributed by atoms with E-state index >= 15 is 0 Å². The Morgan fingerprint density at radius 1 is 1.50 bits per heavy atom. The summed E-state index contributed by atoms with van der Waals surface area (Å²) in [6, 6.07) is 6.64. The van der Waals surface area contributed by atoms with Crippen LogP contribution in [0.5, 0.6) is 0 Å². The van der Waals surface area contributed by atoms with Crippen molar-refractivity contribution in [3.05, 3.63) is 21.9 Å². The molecule has 1 aromatic rings. The number of nitrogens with one attached hydrogen (secondary N) is 1. The second-order valence-electron chi connectivity index (χ2n) is 4.03. The molecule has 0 spiro atoms. The third-order valence-electron chi connectivity index (χ3n) is 2.65. The lowest BCUT2D eigenvalue weighted by Crippen LogP contribution is -2.36. The van der Waals surface area contributed by atoms with Crippen LogP contribution >= 0.6 is 11.3 Å². The van der Waals surface area contributed by atoms with Gasteiger partial charge in [-0.2, -0.15) is 5.26 Å². The Hall–Kier alpha value is -0.890. The summed E-state index contributed by atoms with van der Waals surface area (Å²) in [5, 5.41) is 12.1. The van der Waals surface area contributed by atoms with Gasteiger partial charge in [-0.3, -0.25) is 0 Å². The van der Waals surface area contributed by atoms with E-state index < -0.39 is 0 Å². The fourth-order valence-corrected chi connectivity index (χ4v) is 2.36. The fourth-order valence-electron chi connectivity index (χ4n) is 1.59. The van der Waals surface area contributed by atoms with Crippen molar-refractivity contribution in [2.24, 2.45) is 0 Å². The monoisotopic (exact) mass is 237 g/mol. The van der Waals surface area contributed by atoms with Gasteiger partial charge in [-0.1, -0.05) is 6.92 Å². The average molecular weight is 237 g/mol. The van der Waals surface area contributed by atoms with Gasteiger partial charge in [0, 0.05) is 24.0 Å². The highest BCUT2D eigenvalue weighted by atomic mass is 32.1. The molecule has 88 valence electrons. The van der Waals surface area contributed by atoms with Gasteiger partial charge in [-0.05, 0) is 32.6 Å². The Morgan fingerprint density at radius 2 is 2.25 bits per heavy atom. The van der Waals surface area contributed by atoms with Crippen molar-refractivity contribution in [2.75, 3.05) is 20.6 Å². The van der Waals surface area contributed by atoms with Crippen molar-refractivity contribution in [1.29, 1.82) is 5.26 Å². The molecule has 0 bridgehead atoms. The molecule has 0 saturated heterocycles. The van der Waals surface area contributed by atoms with Gasteiger partial charge in [-0.15, -0.1) is 11.3 Å². The molecule has 16 heavy (non-hydrogen) atoms. The van der Waals surface area contributed by atoms with E-state index in [1.165, 1.54) is 4.88 Å². The zero-order valence-electron chi connectivity index (χ0n) is 10.2. The first-order chi connectivity index (χ1) is 7.67. The second-order valence-corrected chi connectivity index (χ2v) is 5.20. The zero-order valence-corrected chi connectivity index (χ0v) is 11.0. The maximum atomic E-state index is 8.71. The summed E-state index contributed by atoms with van der Waals surface area (Å²) < 4.78 is 0. The van der Waals surface area contributed by atoms with Gasteiger partial charge in [-0.25, -0.2) is 0 Å². The summed E-state index contributed by atoms with van der Waals surface area (Å²) in [7, 11) is 4.21. The molecule has 1 heterocycles. The normalized spacial score (nSPS) is 12.7. The first-order valence-corrected chi connectivity index (χ1v) is 6.35. The van der Waals surface area contributed by atoms with Crippen LogP contribution in [0.1, 0.15) is 23.1 Å². The van der Waals surface area contributed by atoms with Crippen LogP contribution in [0.4, 0.5) is 0 Å². The summed E-state index contributed by atoms with van der Waals surface area (Å²) in [6.45, 7) is 4.05. The molecule has 3 nitrogen and oxygen atoms in total. The highest BCUT2D eigenvalue weighted by Gasteiger charge is 2.07. The minimum absolute atomic E-state index is 0.579. The molecule has 0 aliphatic carbocycles.